The number of aromatic nitrogens is 3. The second-order valence-electron chi connectivity index (χ2n) is 7.24. The van der Waals surface area contributed by atoms with Crippen LogP contribution in [0.25, 0.3) is 0 Å². The van der Waals surface area contributed by atoms with E-state index in [2.05, 4.69) is 20.1 Å². The summed E-state index contributed by atoms with van der Waals surface area (Å²) in [5, 5.41) is 12.0. The molecule has 1 atom stereocenters. The molecule has 2 saturated heterocycles. The molecule has 9 heteroatoms. The molecule has 3 aliphatic heterocycles. The molecular weight excluding hydrogens is 342 g/mol. The minimum atomic E-state index is -3.24. The van der Waals surface area contributed by atoms with Crippen LogP contribution in [0.1, 0.15) is 49.7 Å². The Morgan fingerprint density at radius 3 is 2.72 bits per heavy atom. The van der Waals surface area contributed by atoms with Crippen molar-refractivity contribution in [2.24, 2.45) is 0 Å². The van der Waals surface area contributed by atoms with Crippen LogP contribution in [-0.2, 0) is 27.8 Å². The van der Waals surface area contributed by atoms with Crippen LogP contribution in [0.15, 0.2) is 0 Å². The molecule has 1 aromatic heterocycles. The fraction of sp³-hybridized carbons (Fsp3) is 0.875. The Kier molecular flexibility index (Phi) is 5.08. The standard InChI is InChI=1S/C16H27N5O3S/c22-25(23,12-14-3-1-2-10-24-14)20-7-4-13(5-8-20)16-19-18-15-11-17-6-9-21(15)16/h13-14,17H,1-12H2. The van der Waals surface area contributed by atoms with Crippen molar-refractivity contribution in [1.82, 2.24) is 24.4 Å². The van der Waals surface area contributed by atoms with Gasteiger partial charge in [0.15, 0.2) is 0 Å². The number of ether oxygens (including phenoxy) is 1. The van der Waals surface area contributed by atoms with E-state index >= 15 is 0 Å². The highest BCUT2D eigenvalue weighted by Gasteiger charge is 2.33. The van der Waals surface area contributed by atoms with E-state index in [0.29, 0.717) is 25.6 Å². The zero-order valence-electron chi connectivity index (χ0n) is 14.6. The van der Waals surface area contributed by atoms with Gasteiger partial charge in [0.25, 0.3) is 0 Å². The van der Waals surface area contributed by atoms with Gasteiger partial charge in [0.2, 0.25) is 10.0 Å². The first-order chi connectivity index (χ1) is 12.1. The zero-order chi connectivity index (χ0) is 17.3. The predicted molar refractivity (Wildman–Crippen MR) is 92.7 cm³/mol. The van der Waals surface area contributed by atoms with Gasteiger partial charge >= 0.3 is 0 Å². The third kappa shape index (κ3) is 3.74. The largest absolute Gasteiger partial charge is 0.377 e. The molecule has 0 saturated carbocycles. The van der Waals surface area contributed by atoms with E-state index < -0.39 is 10.0 Å². The van der Waals surface area contributed by atoms with Gasteiger partial charge in [-0.2, -0.15) is 0 Å². The average molecular weight is 369 g/mol. The topological polar surface area (TPSA) is 89.4 Å². The Balaban J connectivity index is 1.37. The fourth-order valence-electron chi connectivity index (χ4n) is 4.09. The lowest BCUT2D eigenvalue weighted by Gasteiger charge is -2.33. The zero-order valence-corrected chi connectivity index (χ0v) is 15.4. The van der Waals surface area contributed by atoms with Crippen molar-refractivity contribution in [2.75, 3.05) is 32.0 Å². The molecule has 2 fully saturated rings. The van der Waals surface area contributed by atoms with Crippen LogP contribution in [0.5, 0.6) is 0 Å². The summed E-state index contributed by atoms with van der Waals surface area (Å²) in [6.45, 7) is 4.43. The highest BCUT2D eigenvalue weighted by molar-refractivity contribution is 7.89. The molecule has 0 aliphatic carbocycles. The van der Waals surface area contributed by atoms with Gasteiger partial charge in [-0.15, -0.1) is 10.2 Å². The van der Waals surface area contributed by atoms with Gasteiger partial charge in [0.05, 0.1) is 18.4 Å². The third-order valence-corrected chi connectivity index (χ3v) is 7.48. The number of sulfonamides is 1. The van der Waals surface area contributed by atoms with Gasteiger partial charge in [0.1, 0.15) is 11.6 Å². The van der Waals surface area contributed by atoms with E-state index in [9.17, 15) is 8.42 Å². The normalized spacial score (nSPS) is 26.5. The smallest absolute Gasteiger partial charge is 0.216 e. The van der Waals surface area contributed by atoms with Gasteiger partial charge in [-0.25, -0.2) is 12.7 Å². The van der Waals surface area contributed by atoms with Gasteiger partial charge in [-0.1, -0.05) is 0 Å². The molecule has 1 aromatic rings. The van der Waals surface area contributed by atoms with E-state index in [0.717, 1.165) is 63.4 Å². The monoisotopic (exact) mass is 369 g/mol. The minimum absolute atomic E-state index is 0.129. The highest BCUT2D eigenvalue weighted by Crippen LogP contribution is 2.29. The van der Waals surface area contributed by atoms with E-state index in [4.69, 9.17) is 4.74 Å². The summed E-state index contributed by atoms with van der Waals surface area (Å²) < 4.78 is 34.8. The van der Waals surface area contributed by atoms with Gasteiger partial charge in [-0.3, -0.25) is 0 Å². The molecule has 8 nitrogen and oxygen atoms in total. The van der Waals surface area contributed by atoms with Crippen molar-refractivity contribution in [3.63, 3.8) is 0 Å². The molecule has 25 heavy (non-hydrogen) atoms. The SMILES string of the molecule is O=S(=O)(CC1CCCCO1)N1CCC(c2nnc3n2CCNC3)CC1. The lowest BCUT2D eigenvalue weighted by atomic mass is 9.97. The highest BCUT2D eigenvalue weighted by atomic mass is 32.2. The maximum Gasteiger partial charge on any atom is 0.216 e. The van der Waals surface area contributed by atoms with Crippen LogP contribution in [0, 0.1) is 0 Å². The van der Waals surface area contributed by atoms with Crippen LogP contribution < -0.4 is 5.32 Å². The van der Waals surface area contributed by atoms with Crippen LogP contribution in [0.2, 0.25) is 0 Å². The summed E-state index contributed by atoms with van der Waals surface area (Å²) >= 11 is 0. The predicted octanol–water partition coefficient (Wildman–Crippen LogP) is 0.460. The maximum atomic E-state index is 12.7. The number of hydrogen-bond donors (Lipinski definition) is 1. The van der Waals surface area contributed by atoms with Crippen molar-refractivity contribution in [3.05, 3.63) is 11.6 Å². The van der Waals surface area contributed by atoms with Crippen molar-refractivity contribution < 1.29 is 13.2 Å². The molecule has 0 aromatic carbocycles. The van der Waals surface area contributed by atoms with E-state index in [-0.39, 0.29) is 11.9 Å². The van der Waals surface area contributed by atoms with Crippen LogP contribution >= 0.6 is 0 Å². The summed E-state index contributed by atoms with van der Waals surface area (Å²) in [4.78, 5) is 0. The maximum absolute atomic E-state index is 12.7. The Bertz CT molecular complexity index is 691. The number of piperidine rings is 1. The van der Waals surface area contributed by atoms with Crippen molar-refractivity contribution in [3.8, 4) is 0 Å². The number of nitrogens with zero attached hydrogens (tertiary/aromatic N) is 4. The van der Waals surface area contributed by atoms with Crippen molar-refractivity contribution in [2.45, 2.75) is 57.2 Å². The number of fused-ring (bicyclic) bond motifs is 1. The summed E-state index contributed by atoms with van der Waals surface area (Å²) in [5.74, 6) is 2.45. The van der Waals surface area contributed by atoms with Gasteiger partial charge < -0.3 is 14.6 Å². The van der Waals surface area contributed by atoms with Gasteiger partial charge in [0, 0.05) is 38.7 Å². The summed E-state index contributed by atoms with van der Waals surface area (Å²) in [7, 11) is -3.24. The molecule has 4 heterocycles. The lowest BCUT2D eigenvalue weighted by molar-refractivity contribution is 0.0298. The lowest BCUT2D eigenvalue weighted by Crippen LogP contribution is -2.43. The van der Waals surface area contributed by atoms with E-state index in [1.807, 2.05) is 0 Å². The number of nitrogens with one attached hydrogen (secondary N) is 1. The number of rotatable bonds is 4. The first kappa shape index (κ1) is 17.4. The first-order valence-electron chi connectivity index (χ1n) is 9.35. The summed E-state index contributed by atoms with van der Waals surface area (Å²) in [5.41, 5.74) is 0. The molecule has 1 unspecified atom stereocenters. The second-order valence-corrected chi connectivity index (χ2v) is 9.26. The Labute approximate surface area is 149 Å². The third-order valence-electron chi connectivity index (χ3n) is 5.53. The van der Waals surface area contributed by atoms with Crippen LogP contribution in [-0.4, -0.2) is 65.6 Å². The fourth-order valence-corrected chi connectivity index (χ4v) is 5.80. The molecule has 4 rings (SSSR count). The summed E-state index contributed by atoms with van der Waals surface area (Å²) in [6, 6.07) is 0. The molecule has 0 bridgehead atoms. The van der Waals surface area contributed by atoms with E-state index in [1.165, 1.54) is 0 Å². The Morgan fingerprint density at radius 2 is 1.96 bits per heavy atom. The summed E-state index contributed by atoms with van der Waals surface area (Å²) in [6.07, 6.45) is 4.46. The molecule has 0 spiro atoms. The van der Waals surface area contributed by atoms with Crippen molar-refractivity contribution in [1.29, 1.82) is 0 Å². The van der Waals surface area contributed by atoms with E-state index in [1.54, 1.807) is 4.31 Å². The number of hydrogen-bond acceptors (Lipinski definition) is 6. The van der Waals surface area contributed by atoms with Crippen LogP contribution in [0.4, 0.5) is 0 Å². The molecular formula is C16H27N5O3S. The Hall–Kier alpha value is -1.03. The van der Waals surface area contributed by atoms with Gasteiger partial charge in [-0.05, 0) is 32.1 Å². The minimum Gasteiger partial charge on any atom is -0.377 e. The van der Waals surface area contributed by atoms with Crippen molar-refractivity contribution >= 4 is 10.0 Å². The average Bonchev–Trinajstić information content (AvgIpc) is 3.06. The quantitative estimate of drug-likeness (QED) is 0.829. The van der Waals surface area contributed by atoms with Crippen LogP contribution in [0.3, 0.4) is 0 Å². The molecule has 1 N–H and O–H groups in total. The second kappa shape index (κ2) is 7.30. The molecule has 0 amide bonds. The first-order valence-corrected chi connectivity index (χ1v) is 11.0. The Morgan fingerprint density at radius 1 is 1.12 bits per heavy atom. The molecule has 140 valence electrons. The molecule has 0 radical (unpaired) electrons. The molecule has 3 aliphatic rings.